The van der Waals surface area contributed by atoms with Gasteiger partial charge in [0.05, 0.1) is 18.2 Å². The summed E-state index contributed by atoms with van der Waals surface area (Å²) in [6.45, 7) is 2.69. The van der Waals surface area contributed by atoms with Gasteiger partial charge in [0.25, 0.3) is 0 Å². The number of carboxylic acids is 1. The van der Waals surface area contributed by atoms with Crippen LogP contribution in [-0.4, -0.2) is 34.6 Å². The summed E-state index contributed by atoms with van der Waals surface area (Å²) >= 11 is 6.20. The van der Waals surface area contributed by atoms with Crippen LogP contribution in [0.2, 0.25) is 5.02 Å². The fourth-order valence-corrected chi connectivity index (χ4v) is 8.26. The van der Waals surface area contributed by atoms with Crippen molar-refractivity contribution in [2.24, 2.45) is 11.8 Å². The van der Waals surface area contributed by atoms with Crippen LogP contribution in [-0.2, 0) is 23.1 Å². The van der Waals surface area contributed by atoms with Crippen molar-refractivity contribution in [2.45, 2.75) is 88.0 Å². The summed E-state index contributed by atoms with van der Waals surface area (Å²) in [5.74, 6) is -0.385. The first-order chi connectivity index (χ1) is 20.7. The van der Waals surface area contributed by atoms with Gasteiger partial charge >= 0.3 is 5.97 Å². The highest BCUT2D eigenvalue weighted by molar-refractivity contribution is 6.30. The van der Waals surface area contributed by atoms with Gasteiger partial charge in [-0.1, -0.05) is 48.9 Å². The average molecular weight is 609 g/mol. The third kappa shape index (κ3) is 5.73. The van der Waals surface area contributed by atoms with Crippen molar-refractivity contribution in [3.05, 3.63) is 88.2 Å². The van der Waals surface area contributed by atoms with E-state index in [-0.39, 0.29) is 11.3 Å². The van der Waals surface area contributed by atoms with Crippen LogP contribution >= 0.6 is 11.6 Å². The maximum atomic E-state index is 13.7. The molecule has 3 atom stereocenters. The highest BCUT2D eigenvalue weighted by Crippen LogP contribution is 2.56. The van der Waals surface area contributed by atoms with Gasteiger partial charge in [0.1, 0.15) is 11.3 Å². The van der Waals surface area contributed by atoms with E-state index in [0.717, 1.165) is 36.9 Å². The molecule has 2 N–H and O–H groups in total. The van der Waals surface area contributed by atoms with Crippen molar-refractivity contribution in [2.75, 3.05) is 11.9 Å². The summed E-state index contributed by atoms with van der Waals surface area (Å²) in [4.78, 5) is 17.0. The first-order valence-corrected chi connectivity index (χ1v) is 15.8. The Morgan fingerprint density at radius 1 is 1.14 bits per heavy atom. The normalized spacial score (nSPS) is 27.0. The van der Waals surface area contributed by atoms with Gasteiger partial charge in [-0.2, -0.15) is 0 Å². The molecular formula is C35H39ClF2N2O3. The lowest BCUT2D eigenvalue weighted by Crippen LogP contribution is -2.53. The predicted octanol–water partition coefficient (Wildman–Crippen LogP) is 8.44. The molecule has 0 unspecified atom stereocenters. The van der Waals surface area contributed by atoms with Gasteiger partial charge in [-0.15, -0.1) is 0 Å². The highest BCUT2D eigenvalue weighted by atomic mass is 35.5. The molecule has 3 aliphatic carbocycles. The number of anilines is 1. The molecule has 1 saturated carbocycles. The zero-order chi connectivity index (χ0) is 30.2. The molecule has 0 aliphatic heterocycles. The molecular weight excluding hydrogens is 570 g/mol. The van der Waals surface area contributed by atoms with Crippen LogP contribution in [0, 0.1) is 11.8 Å². The number of rotatable bonds is 9. The van der Waals surface area contributed by atoms with Crippen LogP contribution in [0.15, 0.2) is 60.8 Å². The van der Waals surface area contributed by atoms with Gasteiger partial charge in [-0.25, -0.2) is 13.6 Å². The maximum absolute atomic E-state index is 13.7. The van der Waals surface area contributed by atoms with E-state index >= 15 is 0 Å². The van der Waals surface area contributed by atoms with Gasteiger partial charge in [-0.3, -0.25) is 4.98 Å². The second-order valence-corrected chi connectivity index (χ2v) is 13.3. The second-order valence-electron chi connectivity index (χ2n) is 12.9. The first kappa shape index (κ1) is 29.9. The maximum Gasteiger partial charge on any atom is 0.329 e. The number of carbonyl (C=O) groups is 1. The number of nitrogens with one attached hydrogen (secondary N) is 1. The van der Waals surface area contributed by atoms with E-state index in [0.29, 0.717) is 61.1 Å². The Hall–Kier alpha value is -3.19. The summed E-state index contributed by atoms with van der Waals surface area (Å²) in [5.41, 5.74) is 3.61. The SMILES string of the molecule is C[C@@H](COc1ccnc2c1CCC[C@H]2C(F)F)C[C@H]1Cc2ccccc2C12CCC(Nc1cccc(Cl)c1)(C(=O)O)CC2. The van der Waals surface area contributed by atoms with E-state index in [9.17, 15) is 18.7 Å². The van der Waals surface area contributed by atoms with E-state index in [1.807, 2.05) is 18.2 Å². The van der Waals surface area contributed by atoms with Crippen molar-refractivity contribution < 1.29 is 23.4 Å². The minimum atomic E-state index is -2.42. The lowest BCUT2D eigenvalue weighted by molar-refractivity contribution is -0.144. The Balaban J connectivity index is 1.18. The third-order valence-electron chi connectivity index (χ3n) is 10.3. The quantitative estimate of drug-likeness (QED) is 0.255. The Morgan fingerprint density at radius 3 is 2.67 bits per heavy atom. The van der Waals surface area contributed by atoms with Gasteiger partial charge in [0.15, 0.2) is 0 Å². The number of hydrogen-bond donors (Lipinski definition) is 2. The Morgan fingerprint density at radius 2 is 1.93 bits per heavy atom. The highest BCUT2D eigenvalue weighted by Gasteiger charge is 2.54. The van der Waals surface area contributed by atoms with Crippen molar-refractivity contribution in [3.63, 3.8) is 0 Å². The van der Waals surface area contributed by atoms with Crippen LogP contribution in [0.4, 0.5) is 14.5 Å². The summed E-state index contributed by atoms with van der Waals surface area (Å²) in [7, 11) is 0. The molecule has 5 nitrogen and oxygen atoms in total. The van der Waals surface area contributed by atoms with Crippen molar-refractivity contribution in [1.82, 2.24) is 4.98 Å². The molecule has 1 aromatic heterocycles. The van der Waals surface area contributed by atoms with Crippen LogP contribution in [0.25, 0.3) is 0 Å². The fraction of sp³-hybridized carbons (Fsp3) is 0.486. The number of ether oxygens (including phenoxy) is 1. The van der Waals surface area contributed by atoms with Gasteiger partial charge in [-0.05, 0) is 110 Å². The lowest BCUT2D eigenvalue weighted by Gasteiger charge is -2.47. The smallest absolute Gasteiger partial charge is 0.329 e. The second kappa shape index (κ2) is 12.1. The molecule has 1 fully saturated rings. The molecule has 43 heavy (non-hydrogen) atoms. The minimum Gasteiger partial charge on any atom is -0.493 e. The number of benzene rings is 2. The molecule has 6 rings (SSSR count). The molecule has 3 aromatic rings. The van der Waals surface area contributed by atoms with Crippen LogP contribution in [0.1, 0.15) is 80.2 Å². The molecule has 228 valence electrons. The van der Waals surface area contributed by atoms with Crippen LogP contribution in [0.3, 0.4) is 0 Å². The Labute approximate surface area is 257 Å². The van der Waals surface area contributed by atoms with E-state index in [2.05, 4.69) is 41.5 Å². The molecule has 3 aliphatic rings. The summed E-state index contributed by atoms with van der Waals surface area (Å²) < 4.78 is 33.6. The molecule has 2 aromatic carbocycles. The fourth-order valence-electron chi connectivity index (χ4n) is 8.07. The standard InChI is InChI=1S/C35H39ClF2N2O3/c1-22(21-43-30-12-17-39-31-27(30)9-5-10-28(31)32(37)38)18-24-19-23-6-2-3-11-29(23)34(24)13-15-35(16-14-34,33(41)42)40-26-8-4-7-25(36)20-26/h2-4,6-8,11-12,17,20,22,24,28,32,40H,5,9-10,13-16,18-19,21H2,1H3,(H,41,42)/t22-,24+,28-,34?,35?/m1/s1. The number of nitrogens with zero attached hydrogens (tertiary/aromatic N) is 1. The molecule has 1 heterocycles. The molecule has 1 spiro atoms. The van der Waals surface area contributed by atoms with E-state index in [4.69, 9.17) is 16.3 Å². The molecule has 8 heteroatoms. The topological polar surface area (TPSA) is 71.5 Å². The van der Waals surface area contributed by atoms with Crippen molar-refractivity contribution in [1.29, 1.82) is 0 Å². The van der Waals surface area contributed by atoms with E-state index in [1.54, 1.807) is 18.3 Å². The van der Waals surface area contributed by atoms with Crippen molar-refractivity contribution in [3.8, 4) is 5.75 Å². The van der Waals surface area contributed by atoms with Crippen LogP contribution < -0.4 is 10.1 Å². The number of hydrogen-bond acceptors (Lipinski definition) is 4. The number of carboxylic acid groups (broad SMARTS) is 1. The molecule has 0 bridgehead atoms. The number of aromatic nitrogens is 1. The number of alkyl halides is 2. The molecule has 0 amide bonds. The van der Waals surface area contributed by atoms with Crippen LogP contribution in [0.5, 0.6) is 5.75 Å². The van der Waals surface area contributed by atoms with Crippen molar-refractivity contribution >= 4 is 23.3 Å². The zero-order valence-corrected chi connectivity index (χ0v) is 25.3. The molecule has 0 saturated heterocycles. The molecule has 0 radical (unpaired) electrons. The van der Waals surface area contributed by atoms with E-state index in [1.165, 1.54) is 11.1 Å². The summed E-state index contributed by atoms with van der Waals surface area (Å²) in [5, 5.41) is 14.3. The number of halogens is 3. The summed E-state index contributed by atoms with van der Waals surface area (Å²) in [6.07, 6.45) is 5.53. The first-order valence-electron chi connectivity index (χ1n) is 15.4. The Kier molecular flexibility index (Phi) is 8.38. The number of pyridine rings is 1. The average Bonchev–Trinajstić information content (AvgIpc) is 3.29. The lowest BCUT2D eigenvalue weighted by atomic mass is 9.59. The monoisotopic (exact) mass is 608 g/mol. The van der Waals surface area contributed by atoms with Gasteiger partial charge < -0.3 is 15.2 Å². The number of fused-ring (bicyclic) bond motifs is 3. The van der Waals surface area contributed by atoms with E-state index < -0.39 is 23.9 Å². The number of aliphatic carboxylic acids is 1. The van der Waals surface area contributed by atoms with Gasteiger partial charge in [0.2, 0.25) is 6.43 Å². The predicted molar refractivity (Wildman–Crippen MR) is 164 cm³/mol. The third-order valence-corrected chi connectivity index (χ3v) is 10.5. The zero-order valence-electron chi connectivity index (χ0n) is 24.5. The minimum absolute atomic E-state index is 0.0971. The van der Waals surface area contributed by atoms with Gasteiger partial charge in [0, 0.05) is 22.5 Å². The largest absolute Gasteiger partial charge is 0.493 e. The summed E-state index contributed by atoms with van der Waals surface area (Å²) in [6, 6.07) is 17.7. The Bertz CT molecular complexity index is 1470.